The Balaban J connectivity index is 1.30. The van der Waals surface area contributed by atoms with Crippen LogP contribution >= 0.6 is 11.6 Å². The number of nitrogens with zero attached hydrogens (tertiary/aromatic N) is 4. The van der Waals surface area contributed by atoms with Crippen molar-refractivity contribution in [3.63, 3.8) is 0 Å². The van der Waals surface area contributed by atoms with Crippen LogP contribution in [0.4, 0.5) is 0 Å². The van der Waals surface area contributed by atoms with Crippen LogP contribution in [0.25, 0.3) is 10.9 Å². The molecule has 0 aliphatic carbocycles. The van der Waals surface area contributed by atoms with Crippen LogP contribution in [-0.4, -0.2) is 57.7 Å². The van der Waals surface area contributed by atoms with Crippen molar-refractivity contribution in [2.24, 2.45) is 5.41 Å². The summed E-state index contributed by atoms with van der Waals surface area (Å²) in [7, 11) is 1.64. The number of hydrogen-bond donors (Lipinski definition) is 1. The number of piperidine rings is 1. The lowest BCUT2D eigenvalue weighted by Crippen LogP contribution is -2.44. The molecule has 1 aromatic carbocycles. The third-order valence-electron chi connectivity index (χ3n) is 7.26. The Kier molecular flexibility index (Phi) is 8.52. The molecule has 8 heteroatoms. The molecule has 4 rings (SSSR count). The van der Waals surface area contributed by atoms with Gasteiger partial charge < -0.3 is 14.7 Å². The Bertz CT molecular complexity index is 1130. The number of likely N-dealkylation sites (tertiary alicyclic amines) is 1. The van der Waals surface area contributed by atoms with Gasteiger partial charge in [0.1, 0.15) is 5.75 Å². The van der Waals surface area contributed by atoms with Gasteiger partial charge in [-0.3, -0.25) is 19.7 Å². The van der Waals surface area contributed by atoms with Gasteiger partial charge in [0.2, 0.25) is 0 Å². The van der Waals surface area contributed by atoms with E-state index in [0.717, 1.165) is 73.2 Å². The minimum atomic E-state index is -0.674. The van der Waals surface area contributed by atoms with Crippen LogP contribution in [0.15, 0.2) is 43.0 Å². The molecular weight excluding hydrogens is 464 g/mol. The second-order valence-corrected chi connectivity index (χ2v) is 9.81. The summed E-state index contributed by atoms with van der Waals surface area (Å²) < 4.78 is 5.37. The SMILES string of the molecule is COc1ccc2ncc(Cl)c(CCCC3(C(=O)O)CCN(CCCCc4cnccn4)CC3)c2c1. The molecule has 0 bridgehead atoms. The van der Waals surface area contributed by atoms with Crippen LogP contribution in [0, 0.1) is 5.41 Å². The predicted octanol–water partition coefficient (Wildman–Crippen LogP) is 5.20. The Morgan fingerprint density at radius 2 is 1.94 bits per heavy atom. The molecule has 3 heterocycles. The van der Waals surface area contributed by atoms with E-state index < -0.39 is 11.4 Å². The topological polar surface area (TPSA) is 88.4 Å². The Hall–Kier alpha value is -2.77. The van der Waals surface area contributed by atoms with E-state index in [9.17, 15) is 9.90 Å². The van der Waals surface area contributed by atoms with Gasteiger partial charge in [0.15, 0.2) is 0 Å². The number of aliphatic carboxylic acids is 1. The minimum Gasteiger partial charge on any atom is -0.497 e. The smallest absolute Gasteiger partial charge is 0.309 e. The number of methoxy groups -OCH3 is 1. The highest BCUT2D eigenvalue weighted by molar-refractivity contribution is 6.32. The molecule has 1 aliphatic rings. The maximum atomic E-state index is 12.3. The molecule has 35 heavy (non-hydrogen) atoms. The molecule has 7 nitrogen and oxygen atoms in total. The number of fused-ring (bicyclic) bond motifs is 1. The molecule has 0 radical (unpaired) electrons. The summed E-state index contributed by atoms with van der Waals surface area (Å²) in [6.45, 7) is 2.65. The number of pyridine rings is 1. The third-order valence-corrected chi connectivity index (χ3v) is 7.58. The van der Waals surface area contributed by atoms with Crippen molar-refractivity contribution in [3.05, 3.63) is 59.3 Å². The molecule has 0 saturated carbocycles. The first-order valence-corrected chi connectivity index (χ1v) is 12.7. The molecule has 1 aliphatic heterocycles. The maximum absolute atomic E-state index is 12.3. The van der Waals surface area contributed by atoms with Crippen molar-refractivity contribution in [2.45, 2.75) is 51.4 Å². The average Bonchev–Trinajstić information content (AvgIpc) is 2.89. The van der Waals surface area contributed by atoms with E-state index >= 15 is 0 Å². The highest BCUT2D eigenvalue weighted by Gasteiger charge is 2.40. The summed E-state index contributed by atoms with van der Waals surface area (Å²) in [5.41, 5.74) is 2.24. The minimum absolute atomic E-state index is 0.617. The summed E-state index contributed by atoms with van der Waals surface area (Å²) in [6.07, 6.45) is 13.5. The summed E-state index contributed by atoms with van der Waals surface area (Å²) in [5.74, 6) is 0.0843. The van der Waals surface area contributed by atoms with Crippen molar-refractivity contribution < 1.29 is 14.6 Å². The van der Waals surface area contributed by atoms with Gasteiger partial charge in [-0.1, -0.05) is 11.6 Å². The number of aromatic nitrogens is 3. The molecule has 0 atom stereocenters. The van der Waals surface area contributed by atoms with Crippen molar-refractivity contribution in [1.29, 1.82) is 0 Å². The van der Waals surface area contributed by atoms with Gasteiger partial charge in [0.05, 0.1) is 28.8 Å². The number of benzene rings is 1. The maximum Gasteiger partial charge on any atom is 0.309 e. The number of rotatable bonds is 11. The molecule has 0 amide bonds. The molecule has 1 N–H and O–H groups in total. The van der Waals surface area contributed by atoms with E-state index in [1.165, 1.54) is 0 Å². The molecule has 1 saturated heterocycles. The number of halogens is 1. The highest BCUT2D eigenvalue weighted by atomic mass is 35.5. The predicted molar refractivity (Wildman–Crippen MR) is 137 cm³/mol. The molecular formula is C27H33ClN4O3. The second kappa shape index (κ2) is 11.8. The Morgan fingerprint density at radius 1 is 1.11 bits per heavy atom. The number of aryl methyl sites for hydroxylation is 2. The van der Waals surface area contributed by atoms with Crippen LogP contribution < -0.4 is 4.74 Å². The van der Waals surface area contributed by atoms with E-state index in [1.54, 1.807) is 25.7 Å². The van der Waals surface area contributed by atoms with Crippen LogP contribution in [0.3, 0.4) is 0 Å². The number of carboxylic acids is 1. The van der Waals surface area contributed by atoms with Gasteiger partial charge >= 0.3 is 5.97 Å². The van der Waals surface area contributed by atoms with Gasteiger partial charge in [0.25, 0.3) is 0 Å². The molecule has 0 spiro atoms. The summed E-state index contributed by atoms with van der Waals surface area (Å²) in [5, 5.41) is 11.7. The van der Waals surface area contributed by atoms with Crippen LogP contribution in [0.1, 0.15) is 49.8 Å². The van der Waals surface area contributed by atoms with Crippen LogP contribution in [0.5, 0.6) is 5.75 Å². The van der Waals surface area contributed by atoms with E-state index in [0.29, 0.717) is 30.7 Å². The van der Waals surface area contributed by atoms with Crippen molar-refractivity contribution >= 4 is 28.5 Å². The first-order chi connectivity index (χ1) is 17.0. The first-order valence-electron chi connectivity index (χ1n) is 12.3. The van der Waals surface area contributed by atoms with Gasteiger partial charge in [0, 0.05) is 30.2 Å². The lowest BCUT2D eigenvalue weighted by Gasteiger charge is -2.39. The van der Waals surface area contributed by atoms with Gasteiger partial charge in [-0.15, -0.1) is 0 Å². The van der Waals surface area contributed by atoms with Gasteiger partial charge in [-0.2, -0.15) is 0 Å². The lowest BCUT2D eigenvalue weighted by atomic mass is 9.74. The Labute approximate surface area is 211 Å². The van der Waals surface area contributed by atoms with Crippen molar-refractivity contribution in [3.8, 4) is 5.75 Å². The first kappa shape index (κ1) is 25.3. The largest absolute Gasteiger partial charge is 0.497 e. The zero-order valence-electron chi connectivity index (χ0n) is 20.3. The fourth-order valence-electron chi connectivity index (χ4n) is 5.06. The normalized spacial score (nSPS) is 15.8. The summed E-state index contributed by atoms with van der Waals surface area (Å²) in [6, 6.07) is 5.77. The number of unbranched alkanes of at least 4 members (excludes halogenated alkanes) is 1. The molecule has 2 aromatic heterocycles. The van der Waals surface area contributed by atoms with Gasteiger partial charge in [-0.25, -0.2) is 0 Å². The number of hydrogen-bond acceptors (Lipinski definition) is 6. The van der Waals surface area contributed by atoms with Crippen molar-refractivity contribution in [1.82, 2.24) is 19.9 Å². The summed E-state index contributed by atoms with van der Waals surface area (Å²) in [4.78, 5) is 27.6. The van der Waals surface area contributed by atoms with Crippen LogP contribution in [-0.2, 0) is 17.6 Å². The molecule has 186 valence electrons. The standard InChI is InChI=1S/C27H33ClN4O3/c1-35-21-7-8-25-23(17-21)22(24(28)19-31-25)6-4-9-27(26(33)34)10-15-32(16-11-27)14-3-2-5-20-18-29-12-13-30-20/h7-8,12-13,17-19H,2-6,9-11,14-16H2,1H3,(H,33,34). The number of ether oxygens (including phenoxy) is 1. The van der Waals surface area contributed by atoms with E-state index in [2.05, 4.69) is 19.9 Å². The Morgan fingerprint density at radius 3 is 2.66 bits per heavy atom. The second-order valence-electron chi connectivity index (χ2n) is 9.40. The lowest BCUT2D eigenvalue weighted by molar-refractivity contribution is -0.152. The monoisotopic (exact) mass is 496 g/mol. The van der Waals surface area contributed by atoms with E-state index in [1.807, 2.05) is 24.4 Å². The fourth-order valence-corrected chi connectivity index (χ4v) is 5.31. The summed E-state index contributed by atoms with van der Waals surface area (Å²) >= 11 is 6.50. The quantitative estimate of drug-likeness (QED) is 0.365. The fraction of sp³-hybridized carbons (Fsp3) is 0.481. The van der Waals surface area contributed by atoms with Gasteiger partial charge in [-0.05, 0) is 94.8 Å². The molecule has 1 fully saturated rings. The molecule has 3 aromatic rings. The number of carbonyl (C=O) groups is 1. The number of carboxylic acid groups (broad SMARTS) is 1. The molecule has 0 unspecified atom stereocenters. The van der Waals surface area contributed by atoms with E-state index in [-0.39, 0.29) is 0 Å². The van der Waals surface area contributed by atoms with Crippen LogP contribution in [0.2, 0.25) is 5.02 Å². The highest BCUT2D eigenvalue weighted by Crippen LogP contribution is 2.38. The average molecular weight is 497 g/mol. The zero-order chi connectivity index (χ0) is 24.7. The van der Waals surface area contributed by atoms with E-state index in [4.69, 9.17) is 16.3 Å². The van der Waals surface area contributed by atoms with Crippen molar-refractivity contribution in [2.75, 3.05) is 26.7 Å². The zero-order valence-corrected chi connectivity index (χ0v) is 21.0. The third kappa shape index (κ3) is 6.27.